The molecule has 1 unspecified atom stereocenters. The molecule has 0 saturated heterocycles. The van der Waals surface area contributed by atoms with E-state index in [9.17, 15) is 0 Å². The van der Waals surface area contributed by atoms with Gasteiger partial charge in [-0.2, -0.15) is 0 Å². The zero-order valence-corrected chi connectivity index (χ0v) is 11.4. The molecule has 2 rings (SSSR count). The molecule has 4 nitrogen and oxygen atoms in total. The van der Waals surface area contributed by atoms with Gasteiger partial charge in [-0.1, -0.05) is 13.0 Å². The van der Waals surface area contributed by atoms with Crippen molar-refractivity contribution in [3.05, 3.63) is 48.0 Å². The highest BCUT2D eigenvalue weighted by Crippen LogP contribution is 2.15. The van der Waals surface area contributed by atoms with Gasteiger partial charge in [0, 0.05) is 18.3 Å². The Bertz CT molecular complexity index is 465. The molecule has 2 heterocycles. The molecule has 0 fully saturated rings. The van der Waals surface area contributed by atoms with Gasteiger partial charge in [0.25, 0.3) is 0 Å². The lowest BCUT2D eigenvalue weighted by molar-refractivity contribution is 0.260. The van der Waals surface area contributed by atoms with Gasteiger partial charge in [0.05, 0.1) is 6.26 Å². The first-order valence-corrected chi connectivity index (χ1v) is 6.64. The summed E-state index contributed by atoms with van der Waals surface area (Å²) >= 11 is 0. The maximum Gasteiger partial charge on any atom is 0.213 e. The Hall–Kier alpha value is -1.81. The molecule has 2 aromatic rings. The highest BCUT2D eigenvalue weighted by atomic mass is 16.5. The smallest absolute Gasteiger partial charge is 0.213 e. The molecule has 0 radical (unpaired) electrons. The van der Waals surface area contributed by atoms with Crippen molar-refractivity contribution in [1.82, 2.24) is 10.3 Å². The lowest BCUT2D eigenvalue weighted by Crippen LogP contribution is -2.19. The number of nitrogens with zero attached hydrogens (tertiary/aromatic N) is 1. The second kappa shape index (κ2) is 6.95. The number of hydrogen-bond donors (Lipinski definition) is 1. The summed E-state index contributed by atoms with van der Waals surface area (Å²) in [5.41, 5.74) is 1.17. The van der Waals surface area contributed by atoms with E-state index in [0.29, 0.717) is 18.5 Å². The molecule has 1 N–H and O–H groups in total. The molecule has 0 bridgehead atoms. The Labute approximate surface area is 113 Å². The second-order valence-corrected chi connectivity index (χ2v) is 4.47. The summed E-state index contributed by atoms with van der Waals surface area (Å²) in [4.78, 5) is 4.30. The quantitative estimate of drug-likeness (QED) is 0.829. The third-order valence-corrected chi connectivity index (χ3v) is 2.90. The Kier molecular flexibility index (Phi) is 4.98. The minimum atomic E-state index is 0.312. The molecule has 0 aliphatic heterocycles. The predicted molar refractivity (Wildman–Crippen MR) is 74.0 cm³/mol. The summed E-state index contributed by atoms with van der Waals surface area (Å²) in [6, 6.07) is 7.97. The topological polar surface area (TPSA) is 47.3 Å². The first-order chi connectivity index (χ1) is 9.29. The predicted octanol–water partition coefficient (Wildman–Crippen LogP) is 3.31. The molecular weight excluding hydrogens is 240 g/mol. The van der Waals surface area contributed by atoms with Crippen LogP contribution in [-0.4, -0.2) is 11.5 Å². The highest BCUT2D eigenvalue weighted by molar-refractivity contribution is 5.20. The van der Waals surface area contributed by atoms with Gasteiger partial charge in [-0.3, -0.25) is 0 Å². The normalized spacial score (nSPS) is 12.3. The monoisotopic (exact) mass is 260 g/mol. The van der Waals surface area contributed by atoms with E-state index in [4.69, 9.17) is 9.15 Å². The van der Waals surface area contributed by atoms with Crippen LogP contribution in [0.25, 0.3) is 0 Å². The number of aromatic nitrogens is 1. The Morgan fingerprint density at radius 3 is 2.89 bits per heavy atom. The summed E-state index contributed by atoms with van der Waals surface area (Å²) in [6.07, 6.45) is 4.61. The van der Waals surface area contributed by atoms with Gasteiger partial charge in [-0.05, 0) is 37.6 Å². The molecule has 0 aliphatic rings. The van der Waals surface area contributed by atoms with Crippen LogP contribution in [0.15, 0.2) is 41.1 Å². The number of hydrogen-bond acceptors (Lipinski definition) is 4. The van der Waals surface area contributed by atoms with Crippen LogP contribution in [0, 0.1) is 0 Å². The van der Waals surface area contributed by atoms with Crippen LogP contribution in [0.3, 0.4) is 0 Å². The van der Waals surface area contributed by atoms with E-state index in [1.165, 1.54) is 5.56 Å². The molecule has 1 atom stereocenters. The van der Waals surface area contributed by atoms with Crippen molar-refractivity contribution in [1.29, 1.82) is 0 Å². The Morgan fingerprint density at radius 2 is 2.26 bits per heavy atom. The molecule has 0 spiro atoms. The maximum absolute atomic E-state index is 5.54. The average molecular weight is 260 g/mol. The first-order valence-electron chi connectivity index (χ1n) is 6.64. The number of nitrogens with one attached hydrogen (secondary N) is 1. The van der Waals surface area contributed by atoms with Crippen molar-refractivity contribution in [2.75, 3.05) is 6.54 Å². The van der Waals surface area contributed by atoms with Crippen molar-refractivity contribution in [2.24, 2.45) is 0 Å². The fraction of sp³-hybridized carbons (Fsp3) is 0.400. The molecule has 0 aromatic carbocycles. The van der Waals surface area contributed by atoms with Crippen LogP contribution < -0.4 is 10.1 Å². The van der Waals surface area contributed by atoms with E-state index in [0.717, 1.165) is 18.7 Å². The molecule has 0 saturated carbocycles. The van der Waals surface area contributed by atoms with Crippen molar-refractivity contribution >= 4 is 0 Å². The lowest BCUT2D eigenvalue weighted by Gasteiger charge is -2.13. The SMILES string of the molecule is CCCNC(C)c1ccc(OCc2ccco2)nc1. The number of furan rings is 1. The van der Waals surface area contributed by atoms with E-state index >= 15 is 0 Å². The van der Waals surface area contributed by atoms with Gasteiger partial charge in [0.15, 0.2) is 0 Å². The van der Waals surface area contributed by atoms with Gasteiger partial charge in [0.2, 0.25) is 5.88 Å². The Morgan fingerprint density at radius 1 is 1.37 bits per heavy atom. The number of rotatable bonds is 7. The van der Waals surface area contributed by atoms with Crippen molar-refractivity contribution in [3.8, 4) is 5.88 Å². The van der Waals surface area contributed by atoms with E-state index in [-0.39, 0.29) is 0 Å². The third kappa shape index (κ3) is 4.10. The molecule has 102 valence electrons. The van der Waals surface area contributed by atoms with Gasteiger partial charge in [-0.25, -0.2) is 4.98 Å². The third-order valence-electron chi connectivity index (χ3n) is 2.90. The molecule has 0 aliphatic carbocycles. The average Bonchev–Trinajstić information content (AvgIpc) is 2.96. The molecular formula is C15H20N2O2. The van der Waals surface area contributed by atoms with Crippen LogP contribution >= 0.6 is 0 Å². The zero-order valence-electron chi connectivity index (χ0n) is 11.4. The minimum Gasteiger partial charge on any atom is -0.469 e. The molecule has 0 amide bonds. The van der Waals surface area contributed by atoms with Crippen LogP contribution in [-0.2, 0) is 6.61 Å². The van der Waals surface area contributed by atoms with E-state index in [1.54, 1.807) is 6.26 Å². The highest BCUT2D eigenvalue weighted by Gasteiger charge is 2.05. The van der Waals surface area contributed by atoms with E-state index in [2.05, 4.69) is 24.1 Å². The van der Waals surface area contributed by atoms with Crippen LogP contribution in [0.1, 0.15) is 37.6 Å². The van der Waals surface area contributed by atoms with Crippen molar-refractivity contribution in [2.45, 2.75) is 32.9 Å². The summed E-state index contributed by atoms with van der Waals surface area (Å²) in [7, 11) is 0. The fourth-order valence-corrected chi connectivity index (χ4v) is 1.75. The second-order valence-electron chi connectivity index (χ2n) is 4.47. The molecule has 19 heavy (non-hydrogen) atoms. The summed E-state index contributed by atoms with van der Waals surface area (Å²) in [5, 5.41) is 3.43. The molecule has 4 heteroatoms. The van der Waals surface area contributed by atoms with Crippen LogP contribution in [0.2, 0.25) is 0 Å². The summed E-state index contributed by atoms with van der Waals surface area (Å²) in [5.74, 6) is 1.41. The first kappa shape index (κ1) is 13.6. The zero-order chi connectivity index (χ0) is 13.5. The molecule has 2 aromatic heterocycles. The minimum absolute atomic E-state index is 0.312. The number of ether oxygens (including phenoxy) is 1. The van der Waals surface area contributed by atoms with Crippen molar-refractivity contribution in [3.63, 3.8) is 0 Å². The maximum atomic E-state index is 5.54. The number of pyridine rings is 1. The van der Waals surface area contributed by atoms with Gasteiger partial charge in [-0.15, -0.1) is 0 Å². The van der Waals surface area contributed by atoms with Gasteiger partial charge >= 0.3 is 0 Å². The van der Waals surface area contributed by atoms with Gasteiger partial charge < -0.3 is 14.5 Å². The van der Waals surface area contributed by atoms with Crippen LogP contribution in [0.4, 0.5) is 0 Å². The largest absolute Gasteiger partial charge is 0.469 e. The van der Waals surface area contributed by atoms with Gasteiger partial charge in [0.1, 0.15) is 12.4 Å². The van der Waals surface area contributed by atoms with E-state index < -0.39 is 0 Å². The summed E-state index contributed by atoms with van der Waals surface area (Å²) < 4.78 is 10.7. The van der Waals surface area contributed by atoms with E-state index in [1.807, 2.05) is 30.5 Å². The Balaban J connectivity index is 1.87. The van der Waals surface area contributed by atoms with Crippen molar-refractivity contribution < 1.29 is 9.15 Å². The van der Waals surface area contributed by atoms with Crippen LogP contribution in [0.5, 0.6) is 5.88 Å². The standard InChI is InChI=1S/C15H20N2O2/c1-3-8-16-12(2)13-6-7-15(17-10-13)19-11-14-5-4-9-18-14/h4-7,9-10,12,16H,3,8,11H2,1-2H3. The summed E-state index contributed by atoms with van der Waals surface area (Å²) in [6.45, 7) is 5.71. The fourth-order valence-electron chi connectivity index (χ4n) is 1.75. The lowest BCUT2D eigenvalue weighted by atomic mass is 10.1.